The minimum atomic E-state index is 0.00128. The molecule has 16 heavy (non-hydrogen) atoms. The highest BCUT2D eigenvalue weighted by atomic mass is 35.5. The SMILES string of the molecule is CN(CCCCc1ccccc1)C(=O)CCl. The molecular weight excluding hydrogens is 222 g/mol. The van der Waals surface area contributed by atoms with Crippen LogP contribution in [0.3, 0.4) is 0 Å². The lowest BCUT2D eigenvalue weighted by molar-refractivity contribution is -0.127. The number of halogens is 1. The molecule has 1 rings (SSSR count). The summed E-state index contributed by atoms with van der Waals surface area (Å²) in [5, 5.41) is 0. The van der Waals surface area contributed by atoms with E-state index in [1.165, 1.54) is 5.56 Å². The van der Waals surface area contributed by atoms with Crippen LogP contribution < -0.4 is 0 Å². The molecule has 1 aromatic rings. The van der Waals surface area contributed by atoms with E-state index in [0.717, 1.165) is 25.8 Å². The fraction of sp³-hybridized carbons (Fsp3) is 0.462. The number of unbranched alkanes of at least 4 members (excludes halogenated alkanes) is 1. The van der Waals surface area contributed by atoms with Gasteiger partial charge in [-0.15, -0.1) is 11.6 Å². The van der Waals surface area contributed by atoms with E-state index >= 15 is 0 Å². The third-order valence-electron chi connectivity index (χ3n) is 2.59. The predicted molar refractivity (Wildman–Crippen MR) is 67.7 cm³/mol. The predicted octanol–water partition coefficient (Wildman–Crippen LogP) is 2.71. The number of hydrogen-bond donors (Lipinski definition) is 0. The van der Waals surface area contributed by atoms with Crippen molar-refractivity contribution < 1.29 is 4.79 Å². The van der Waals surface area contributed by atoms with Crippen LogP contribution in [0.2, 0.25) is 0 Å². The lowest BCUT2D eigenvalue weighted by atomic mass is 10.1. The first-order valence-electron chi connectivity index (χ1n) is 5.58. The summed E-state index contributed by atoms with van der Waals surface area (Å²) in [5.74, 6) is 0.0798. The van der Waals surface area contributed by atoms with Gasteiger partial charge in [0.2, 0.25) is 5.91 Å². The van der Waals surface area contributed by atoms with Crippen molar-refractivity contribution in [3.63, 3.8) is 0 Å². The number of rotatable bonds is 6. The highest BCUT2D eigenvalue weighted by Crippen LogP contribution is 2.05. The number of nitrogens with zero attached hydrogens (tertiary/aromatic N) is 1. The van der Waals surface area contributed by atoms with Crippen molar-refractivity contribution in [2.45, 2.75) is 19.3 Å². The first-order chi connectivity index (χ1) is 7.74. The monoisotopic (exact) mass is 239 g/mol. The van der Waals surface area contributed by atoms with Crippen molar-refractivity contribution in [1.29, 1.82) is 0 Å². The molecule has 0 atom stereocenters. The Kier molecular flexibility index (Phi) is 5.94. The van der Waals surface area contributed by atoms with E-state index in [1.54, 1.807) is 11.9 Å². The third kappa shape index (κ3) is 4.67. The van der Waals surface area contributed by atoms with Gasteiger partial charge in [0.1, 0.15) is 5.88 Å². The van der Waals surface area contributed by atoms with Gasteiger partial charge in [0, 0.05) is 13.6 Å². The maximum absolute atomic E-state index is 11.2. The van der Waals surface area contributed by atoms with E-state index in [9.17, 15) is 4.79 Å². The molecule has 0 radical (unpaired) electrons. The molecule has 0 aliphatic carbocycles. The average Bonchev–Trinajstić information content (AvgIpc) is 2.34. The first kappa shape index (κ1) is 13.0. The molecule has 1 amide bonds. The van der Waals surface area contributed by atoms with Gasteiger partial charge in [0.25, 0.3) is 0 Å². The van der Waals surface area contributed by atoms with E-state index in [-0.39, 0.29) is 11.8 Å². The van der Waals surface area contributed by atoms with Crippen LogP contribution in [0.25, 0.3) is 0 Å². The Morgan fingerprint density at radius 3 is 2.56 bits per heavy atom. The quantitative estimate of drug-likeness (QED) is 0.552. The van der Waals surface area contributed by atoms with E-state index in [2.05, 4.69) is 24.3 Å². The number of alkyl halides is 1. The van der Waals surface area contributed by atoms with Gasteiger partial charge in [-0.25, -0.2) is 0 Å². The zero-order valence-corrected chi connectivity index (χ0v) is 10.4. The van der Waals surface area contributed by atoms with E-state index in [1.807, 2.05) is 6.07 Å². The molecule has 0 aromatic heterocycles. The highest BCUT2D eigenvalue weighted by molar-refractivity contribution is 6.27. The molecule has 0 aliphatic heterocycles. The summed E-state index contributed by atoms with van der Waals surface area (Å²) >= 11 is 5.46. The largest absolute Gasteiger partial charge is 0.345 e. The first-order valence-corrected chi connectivity index (χ1v) is 6.11. The molecule has 0 fully saturated rings. The smallest absolute Gasteiger partial charge is 0.237 e. The second-order valence-electron chi connectivity index (χ2n) is 3.89. The van der Waals surface area contributed by atoms with Crippen molar-refractivity contribution in [2.75, 3.05) is 19.5 Å². The molecule has 0 unspecified atom stereocenters. The number of benzene rings is 1. The molecule has 0 saturated heterocycles. The summed E-state index contributed by atoms with van der Waals surface area (Å²) in [5.41, 5.74) is 1.36. The van der Waals surface area contributed by atoms with Gasteiger partial charge in [0.15, 0.2) is 0 Å². The average molecular weight is 240 g/mol. The van der Waals surface area contributed by atoms with Crippen LogP contribution in [-0.4, -0.2) is 30.3 Å². The standard InChI is InChI=1S/C13H18ClNO/c1-15(13(16)11-14)10-6-5-9-12-7-3-2-4-8-12/h2-4,7-8H,5-6,9-11H2,1H3. The van der Waals surface area contributed by atoms with Crippen molar-refractivity contribution in [2.24, 2.45) is 0 Å². The zero-order chi connectivity index (χ0) is 11.8. The summed E-state index contributed by atoms with van der Waals surface area (Å²) in [7, 11) is 1.80. The summed E-state index contributed by atoms with van der Waals surface area (Å²) in [4.78, 5) is 12.9. The van der Waals surface area contributed by atoms with Crippen LogP contribution in [0.1, 0.15) is 18.4 Å². The molecule has 3 heteroatoms. The molecule has 2 nitrogen and oxygen atoms in total. The topological polar surface area (TPSA) is 20.3 Å². The van der Waals surface area contributed by atoms with E-state index in [0.29, 0.717) is 0 Å². The lowest BCUT2D eigenvalue weighted by Crippen LogP contribution is -2.28. The van der Waals surface area contributed by atoms with Crippen molar-refractivity contribution >= 4 is 17.5 Å². The zero-order valence-electron chi connectivity index (χ0n) is 9.66. The van der Waals surface area contributed by atoms with Crippen LogP contribution in [0.4, 0.5) is 0 Å². The maximum Gasteiger partial charge on any atom is 0.237 e. The van der Waals surface area contributed by atoms with Gasteiger partial charge in [0.05, 0.1) is 0 Å². The Bertz CT molecular complexity index is 313. The van der Waals surface area contributed by atoms with Gasteiger partial charge >= 0.3 is 0 Å². The Morgan fingerprint density at radius 1 is 1.25 bits per heavy atom. The fourth-order valence-electron chi connectivity index (χ4n) is 1.55. The minimum absolute atomic E-state index is 0.00128. The number of carbonyl (C=O) groups is 1. The normalized spacial score (nSPS) is 10.1. The van der Waals surface area contributed by atoms with Gasteiger partial charge < -0.3 is 4.90 Å². The molecule has 0 bridgehead atoms. The Hall–Kier alpha value is -1.02. The fourth-order valence-corrected chi connectivity index (χ4v) is 1.75. The minimum Gasteiger partial charge on any atom is -0.345 e. The molecule has 0 saturated carbocycles. The Balaban J connectivity index is 2.15. The number of hydrogen-bond acceptors (Lipinski definition) is 1. The molecule has 0 spiro atoms. The van der Waals surface area contributed by atoms with E-state index in [4.69, 9.17) is 11.6 Å². The summed E-state index contributed by atoms with van der Waals surface area (Å²) in [6, 6.07) is 10.4. The summed E-state index contributed by atoms with van der Waals surface area (Å²) in [6.07, 6.45) is 3.20. The Morgan fingerprint density at radius 2 is 1.94 bits per heavy atom. The van der Waals surface area contributed by atoms with Crippen LogP contribution >= 0.6 is 11.6 Å². The molecule has 1 aromatic carbocycles. The van der Waals surface area contributed by atoms with Gasteiger partial charge in [-0.3, -0.25) is 4.79 Å². The van der Waals surface area contributed by atoms with Crippen molar-refractivity contribution in [3.8, 4) is 0 Å². The molecule has 88 valence electrons. The summed E-state index contributed by atoms with van der Waals surface area (Å²) < 4.78 is 0. The maximum atomic E-state index is 11.2. The second kappa shape index (κ2) is 7.29. The van der Waals surface area contributed by atoms with Gasteiger partial charge in [-0.2, -0.15) is 0 Å². The Labute approximate surface area is 102 Å². The summed E-state index contributed by atoms with van der Waals surface area (Å²) in [6.45, 7) is 0.790. The van der Waals surface area contributed by atoms with Crippen LogP contribution in [0, 0.1) is 0 Å². The lowest BCUT2D eigenvalue weighted by Gasteiger charge is -2.15. The van der Waals surface area contributed by atoms with Crippen molar-refractivity contribution in [1.82, 2.24) is 4.90 Å². The molecule has 0 heterocycles. The van der Waals surface area contributed by atoms with Crippen LogP contribution in [0.15, 0.2) is 30.3 Å². The number of aryl methyl sites for hydroxylation is 1. The molecule has 0 aliphatic rings. The van der Waals surface area contributed by atoms with Crippen LogP contribution in [-0.2, 0) is 11.2 Å². The van der Waals surface area contributed by atoms with Gasteiger partial charge in [-0.1, -0.05) is 30.3 Å². The van der Waals surface area contributed by atoms with Crippen molar-refractivity contribution in [3.05, 3.63) is 35.9 Å². The third-order valence-corrected chi connectivity index (χ3v) is 2.82. The van der Waals surface area contributed by atoms with E-state index < -0.39 is 0 Å². The highest BCUT2D eigenvalue weighted by Gasteiger charge is 2.05. The van der Waals surface area contributed by atoms with Crippen LogP contribution in [0.5, 0.6) is 0 Å². The number of amides is 1. The molecular formula is C13H18ClNO. The second-order valence-corrected chi connectivity index (χ2v) is 4.16. The molecule has 0 N–H and O–H groups in total. The van der Waals surface area contributed by atoms with Gasteiger partial charge in [-0.05, 0) is 24.8 Å². The number of carbonyl (C=O) groups excluding carboxylic acids is 1.